The molecule has 0 aromatic heterocycles. The summed E-state index contributed by atoms with van der Waals surface area (Å²) in [4.78, 5) is 11.7. The molecular formula is C13H16FNO. The van der Waals surface area contributed by atoms with Crippen molar-refractivity contribution in [3.05, 3.63) is 35.6 Å². The maximum atomic E-state index is 13.1. The van der Waals surface area contributed by atoms with Crippen molar-refractivity contribution in [3.8, 4) is 0 Å². The molecule has 1 amide bonds. The van der Waals surface area contributed by atoms with Crippen LogP contribution in [0.2, 0.25) is 0 Å². The molecule has 3 heteroatoms. The van der Waals surface area contributed by atoms with Gasteiger partial charge in [0, 0.05) is 5.92 Å². The summed E-state index contributed by atoms with van der Waals surface area (Å²) in [7, 11) is 0. The number of nitrogens with one attached hydrogen (secondary N) is 1. The third-order valence-electron chi connectivity index (χ3n) is 2.93. The molecule has 1 aromatic rings. The van der Waals surface area contributed by atoms with Crippen molar-refractivity contribution in [2.45, 2.75) is 32.2 Å². The van der Waals surface area contributed by atoms with Gasteiger partial charge < -0.3 is 5.32 Å². The standard InChI is InChI=1S/C13H16FNO/c1-13(2,15-12(16)9-6-7-9)10-4-3-5-11(14)8-10/h3-5,8-9H,6-7H2,1-2H3,(H,15,16). The van der Waals surface area contributed by atoms with Crippen LogP contribution in [-0.4, -0.2) is 5.91 Å². The fourth-order valence-corrected chi connectivity index (χ4v) is 1.70. The highest BCUT2D eigenvalue weighted by atomic mass is 19.1. The molecule has 16 heavy (non-hydrogen) atoms. The zero-order valence-electron chi connectivity index (χ0n) is 9.59. The summed E-state index contributed by atoms with van der Waals surface area (Å²) in [5.41, 5.74) is 0.281. The van der Waals surface area contributed by atoms with Crippen LogP contribution in [0.25, 0.3) is 0 Å². The second-order valence-electron chi connectivity index (χ2n) is 4.90. The largest absolute Gasteiger partial charge is 0.347 e. The van der Waals surface area contributed by atoms with Gasteiger partial charge in [0.2, 0.25) is 5.91 Å². The van der Waals surface area contributed by atoms with Crippen molar-refractivity contribution >= 4 is 5.91 Å². The number of carbonyl (C=O) groups excluding carboxylic acids is 1. The highest BCUT2D eigenvalue weighted by molar-refractivity contribution is 5.81. The highest BCUT2D eigenvalue weighted by Crippen LogP contribution is 2.31. The van der Waals surface area contributed by atoms with Crippen LogP contribution < -0.4 is 5.32 Å². The zero-order chi connectivity index (χ0) is 11.8. The van der Waals surface area contributed by atoms with Crippen LogP contribution in [0.1, 0.15) is 32.3 Å². The van der Waals surface area contributed by atoms with Crippen molar-refractivity contribution in [3.63, 3.8) is 0 Å². The topological polar surface area (TPSA) is 29.1 Å². The van der Waals surface area contributed by atoms with Gasteiger partial charge in [0.25, 0.3) is 0 Å². The van der Waals surface area contributed by atoms with Crippen LogP contribution in [0.15, 0.2) is 24.3 Å². The van der Waals surface area contributed by atoms with Crippen molar-refractivity contribution < 1.29 is 9.18 Å². The molecule has 1 aromatic carbocycles. The van der Waals surface area contributed by atoms with Crippen LogP contribution >= 0.6 is 0 Å². The van der Waals surface area contributed by atoms with Crippen LogP contribution in [0.4, 0.5) is 4.39 Å². The van der Waals surface area contributed by atoms with Gasteiger partial charge in [0.1, 0.15) is 5.82 Å². The monoisotopic (exact) mass is 221 g/mol. The first-order valence-electron chi connectivity index (χ1n) is 5.57. The SMILES string of the molecule is CC(C)(NC(=O)C1CC1)c1cccc(F)c1. The second-order valence-corrected chi connectivity index (χ2v) is 4.90. The van der Waals surface area contributed by atoms with E-state index in [9.17, 15) is 9.18 Å². The predicted octanol–water partition coefficient (Wildman–Crippen LogP) is 2.59. The van der Waals surface area contributed by atoms with Gasteiger partial charge in [-0.2, -0.15) is 0 Å². The number of benzene rings is 1. The lowest BCUT2D eigenvalue weighted by atomic mass is 9.94. The molecule has 0 unspecified atom stereocenters. The van der Waals surface area contributed by atoms with Gasteiger partial charge in [0.15, 0.2) is 0 Å². The molecule has 1 aliphatic rings. The molecule has 1 fully saturated rings. The number of halogens is 1. The lowest BCUT2D eigenvalue weighted by Gasteiger charge is -2.27. The minimum atomic E-state index is -0.512. The average Bonchev–Trinajstić information content (AvgIpc) is 3.00. The van der Waals surface area contributed by atoms with E-state index in [1.165, 1.54) is 12.1 Å². The molecule has 0 atom stereocenters. The normalized spacial score (nSPS) is 15.9. The Bertz CT molecular complexity index is 410. The number of rotatable bonds is 3. The van der Waals surface area contributed by atoms with E-state index in [1.807, 2.05) is 19.9 Å². The molecular weight excluding hydrogens is 205 g/mol. The van der Waals surface area contributed by atoms with Crippen molar-refractivity contribution in [2.75, 3.05) is 0 Å². The second kappa shape index (κ2) is 3.89. The van der Waals surface area contributed by atoms with E-state index in [2.05, 4.69) is 5.32 Å². The summed E-state index contributed by atoms with van der Waals surface area (Å²) < 4.78 is 13.1. The van der Waals surface area contributed by atoms with Crippen molar-refractivity contribution in [2.24, 2.45) is 5.92 Å². The third kappa shape index (κ3) is 2.40. The van der Waals surface area contributed by atoms with Gasteiger partial charge in [-0.15, -0.1) is 0 Å². The highest BCUT2D eigenvalue weighted by Gasteiger charge is 2.33. The molecule has 1 saturated carbocycles. The minimum Gasteiger partial charge on any atom is -0.347 e. The van der Waals surface area contributed by atoms with E-state index in [0.717, 1.165) is 18.4 Å². The molecule has 0 bridgehead atoms. The summed E-state index contributed by atoms with van der Waals surface area (Å²) in [6.07, 6.45) is 1.95. The zero-order valence-corrected chi connectivity index (χ0v) is 9.59. The lowest BCUT2D eigenvalue weighted by Crippen LogP contribution is -2.41. The van der Waals surface area contributed by atoms with E-state index >= 15 is 0 Å². The molecule has 2 rings (SSSR count). The van der Waals surface area contributed by atoms with Gasteiger partial charge in [-0.05, 0) is 44.4 Å². The molecule has 2 nitrogen and oxygen atoms in total. The fourth-order valence-electron chi connectivity index (χ4n) is 1.70. The Morgan fingerprint density at radius 3 is 2.69 bits per heavy atom. The summed E-state index contributed by atoms with van der Waals surface area (Å²) in [6, 6.07) is 6.36. The molecule has 0 radical (unpaired) electrons. The van der Waals surface area contributed by atoms with Gasteiger partial charge in [-0.25, -0.2) is 4.39 Å². The number of amides is 1. The summed E-state index contributed by atoms with van der Waals surface area (Å²) in [5.74, 6) is -0.0201. The first-order valence-corrected chi connectivity index (χ1v) is 5.57. The van der Waals surface area contributed by atoms with E-state index < -0.39 is 5.54 Å². The van der Waals surface area contributed by atoms with Crippen LogP contribution in [-0.2, 0) is 10.3 Å². The summed E-state index contributed by atoms with van der Waals surface area (Å²) >= 11 is 0. The Hall–Kier alpha value is -1.38. The number of carbonyl (C=O) groups is 1. The smallest absolute Gasteiger partial charge is 0.223 e. The molecule has 86 valence electrons. The summed E-state index contributed by atoms with van der Waals surface area (Å²) in [6.45, 7) is 3.78. The molecule has 0 heterocycles. The van der Waals surface area contributed by atoms with Crippen LogP contribution in [0, 0.1) is 11.7 Å². The Morgan fingerprint density at radius 1 is 1.44 bits per heavy atom. The van der Waals surface area contributed by atoms with Crippen molar-refractivity contribution in [1.29, 1.82) is 0 Å². The Balaban J connectivity index is 2.13. The lowest BCUT2D eigenvalue weighted by molar-refractivity contribution is -0.124. The molecule has 1 N–H and O–H groups in total. The average molecular weight is 221 g/mol. The van der Waals surface area contributed by atoms with Crippen LogP contribution in [0.5, 0.6) is 0 Å². The van der Waals surface area contributed by atoms with E-state index in [4.69, 9.17) is 0 Å². The summed E-state index contributed by atoms with van der Waals surface area (Å²) in [5, 5.41) is 2.96. The number of hydrogen-bond acceptors (Lipinski definition) is 1. The van der Waals surface area contributed by atoms with Gasteiger partial charge >= 0.3 is 0 Å². The maximum Gasteiger partial charge on any atom is 0.223 e. The number of hydrogen-bond donors (Lipinski definition) is 1. The molecule has 0 aliphatic heterocycles. The predicted molar refractivity (Wildman–Crippen MR) is 60.3 cm³/mol. The van der Waals surface area contributed by atoms with Gasteiger partial charge in [0.05, 0.1) is 5.54 Å². The first-order chi connectivity index (χ1) is 7.49. The van der Waals surface area contributed by atoms with E-state index in [0.29, 0.717) is 0 Å². The Labute approximate surface area is 94.9 Å². The van der Waals surface area contributed by atoms with Crippen LogP contribution in [0.3, 0.4) is 0 Å². The Kier molecular flexibility index (Phi) is 2.70. The fraction of sp³-hybridized carbons (Fsp3) is 0.462. The van der Waals surface area contributed by atoms with Gasteiger partial charge in [-0.1, -0.05) is 12.1 Å². The Morgan fingerprint density at radius 2 is 2.12 bits per heavy atom. The first kappa shape index (κ1) is 11.1. The van der Waals surface area contributed by atoms with E-state index in [1.54, 1.807) is 6.07 Å². The minimum absolute atomic E-state index is 0.0780. The maximum absolute atomic E-state index is 13.1. The molecule has 0 saturated heterocycles. The molecule has 1 aliphatic carbocycles. The van der Waals surface area contributed by atoms with Gasteiger partial charge in [-0.3, -0.25) is 4.79 Å². The van der Waals surface area contributed by atoms with Crippen molar-refractivity contribution in [1.82, 2.24) is 5.32 Å². The molecule has 0 spiro atoms. The quantitative estimate of drug-likeness (QED) is 0.835. The third-order valence-corrected chi connectivity index (χ3v) is 2.93. The van der Waals surface area contributed by atoms with E-state index in [-0.39, 0.29) is 17.6 Å².